The van der Waals surface area contributed by atoms with E-state index in [0.717, 1.165) is 17.0 Å². The van der Waals surface area contributed by atoms with Crippen molar-refractivity contribution in [2.75, 3.05) is 5.32 Å². The van der Waals surface area contributed by atoms with Crippen LogP contribution in [0.3, 0.4) is 0 Å². The standard InChI is InChI=1S/C17H18N4O2/c1-11-6-7-18-16(8-11)19-17(22)15-5-4-14(23-15)10-21-13(3)9-12(2)20-21/h4-9H,10H2,1-3H3,(H,18,19,22). The maximum absolute atomic E-state index is 12.2. The van der Waals surface area contributed by atoms with E-state index in [1.54, 1.807) is 24.4 Å². The summed E-state index contributed by atoms with van der Waals surface area (Å²) in [6, 6.07) is 9.12. The molecule has 118 valence electrons. The average Bonchev–Trinajstić information content (AvgIpc) is 3.06. The second-order valence-corrected chi connectivity index (χ2v) is 5.52. The van der Waals surface area contributed by atoms with Gasteiger partial charge in [-0.3, -0.25) is 9.48 Å². The Labute approximate surface area is 134 Å². The van der Waals surface area contributed by atoms with Crippen LogP contribution in [-0.2, 0) is 6.54 Å². The Morgan fingerprint density at radius 1 is 1.22 bits per heavy atom. The van der Waals surface area contributed by atoms with Gasteiger partial charge in [0, 0.05) is 11.9 Å². The van der Waals surface area contributed by atoms with Crippen molar-refractivity contribution in [2.45, 2.75) is 27.3 Å². The predicted molar refractivity (Wildman–Crippen MR) is 86.4 cm³/mol. The van der Waals surface area contributed by atoms with Gasteiger partial charge >= 0.3 is 0 Å². The van der Waals surface area contributed by atoms with Gasteiger partial charge in [-0.25, -0.2) is 4.98 Å². The summed E-state index contributed by atoms with van der Waals surface area (Å²) in [5.74, 6) is 1.12. The van der Waals surface area contributed by atoms with Crippen LogP contribution in [0.25, 0.3) is 0 Å². The molecule has 3 heterocycles. The summed E-state index contributed by atoms with van der Waals surface area (Å²) in [5.41, 5.74) is 3.03. The third kappa shape index (κ3) is 3.48. The maximum Gasteiger partial charge on any atom is 0.292 e. The fraction of sp³-hybridized carbons (Fsp3) is 0.235. The molecule has 3 rings (SSSR count). The number of amides is 1. The molecule has 3 aromatic heterocycles. The van der Waals surface area contributed by atoms with Crippen molar-refractivity contribution < 1.29 is 9.21 Å². The lowest BCUT2D eigenvalue weighted by Gasteiger charge is -2.03. The molecule has 6 nitrogen and oxygen atoms in total. The van der Waals surface area contributed by atoms with E-state index in [0.29, 0.717) is 18.1 Å². The minimum absolute atomic E-state index is 0.254. The number of nitrogens with one attached hydrogen (secondary N) is 1. The van der Waals surface area contributed by atoms with Gasteiger partial charge in [-0.2, -0.15) is 5.10 Å². The summed E-state index contributed by atoms with van der Waals surface area (Å²) < 4.78 is 7.46. The van der Waals surface area contributed by atoms with Gasteiger partial charge in [0.15, 0.2) is 5.76 Å². The highest BCUT2D eigenvalue weighted by Gasteiger charge is 2.13. The van der Waals surface area contributed by atoms with E-state index < -0.39 is 0 Å². The van der Waals surface area contributed by atoms with Crippen molar-refractivity contribution in [3.05, 3.63) is 65.0 Å². The molecule has 0 saturated heterocycles. The minimum atomic E-state index is -0.317. The number of anilines is 1. The average molecular weight is 310 g/mol. The van der Waals surface area contributed by atoms with Gasteiger partial charge in [-0.05, 0) is 56.7 Å². The van der Waals surface area contributed by atoms with E-state index in [9.17, 15) is 4.79 Å². The van der Waals surface area contributed by atoms with Crippen molar-refractivity contribution in [2.24, 2.45) is 0 Å². The van der Waals surface area contributed by atoms with Crippen LogP contribution in [0, 0.1) is 20.8 Å². The van der Waals surface area contributed by atoms with Crippen LogP contribution in [0.2, 0.25) is 0 Å². The SMILES string of the molecule is Cc1ccnc(NC(=O)c2ccc(Cn3nc(C)cc3C)o2)c1. The number of hydrogen-bond donors (Lipinski definition) is 1. The number of furan rings is 1. The Bertz CT molecular complexity index is 848. The van der Waals surface area contributed by atoms with Gasteiger partial charge in [-0.1, -0.05) is 0 Å². The molecule has 0 aliphatic rings. The zero-order valence-electron chi connectivity index (χ0n) is 13.3. The molecule has 0 atom stereocenters. The van der Waals surface area contributed by atoms with Crippen LogP contribution in [0.15, 0.2) is 40.9 Å². The van der Waals surface area contributed by atoms with Crippen LogP contribution in [0.5, 0.6) is 0 Å². The van der Waals surface area contributed by atoms with Gasteiger partial charge in [0.25, 0.3) is 5.91 Å². The second-order valence-electron chi connectivity index (χ2n) is 5.52. The molecule has 0 aliphatic heterocycles. The molecule has 0 bridgehead atoms. The Kier molecular flexibility index (Phi) is 3.97. The lowest BCUT2D eigenvalue weighted by molar-refractivity contribution is 0.0994. The number of aromatic nitrogens is 3. The summed E-state index contributed by atoms with van der Waals surface area (Å²) >= 11 is 0. The van der Waals surface area contributed by atoms with E-state index >= 15 is 0 Å². The molecule has 23 heavy (non-hydrogen) atoms. The number of aryl methyl sites for hydroxylation is 3. The normalized spacial score (nSPS) is 10.7. The van der Waals surface area contributed by atoms with E-state index in [-0.39, 0.29) is 11.7 Å². The molecule has 1 N–H and O–H groups in total. The summed E-state index contributed by atoms with van der Waals surface area (Å²) in [5, 5.41) is 7.11. The predicted octanol–water partition coefficient (Wildman–Crippen LogP) is 3.10. The monoisotopic (exact) mass is 310 g/mol. The van der Waals surface area contributed by atoms with Gasteiger partial charge < -0.3 is 9.73 Å². The van der Waals surface area contributed by atoms with Crippen molar-refractivity contribution in [1.82, 2.24) is 14.8 Å². The van der Waals surface area contributed by atoms with Crippen molar-refractivity contribution in [3.63, 3.8) is 0 Å². The lowest BCUT2D eigenvalue weighted by atomic mass is 10.3. The van der Waals surface area contributed by atoms with Gasteiger partial charge in [0.05, 0.1) is 12.2 Å². The molecule has 0 radical (unpaired) electrons. The Hall–Kier alpha value is -2.89. The molecule has 6 heteroatoms. The topological polar surface area (TPSA) is 73.0 Å². The minimum Gasteiger partial charge on any atom is -0.454 e. The number of carbonyl (C=O) groups is 1. The third-order valence-electron chi connectivity index (χ3n) is 3.45. The molecular formula is C17H18N4O2. The number of hydrogen-bond acceptors (Lipinski definition) is 4. The van der Waals surface area contributed by atoms with Crippen LogP contribution in [-0.4, -0.2) is 20.7 Å². The molecule has 0 unspecified atom stereocenters. The van der Waals surface area contributed by atoms with Crippen LogP contribution in [0.1, 0.15) is 33.3 Å². The largest absolute Gasteiger partial charge is 0.454 e. The van der Waals surface area contributed by atoms with Crippen LogP contribution >= 0.6 is 0 Å². The zero-order valence-corrected chi connectivity index (χ0v) is 13.3. The van der Waals surface area contributed by atoms with Crippen LogP contribution < -0.4 is 5.32 Å². The first-order valence-corrected chi connectivity index (χ1v) is 7.35. The fourth-order valence-electron chi connectivity index (χ4n) is 2.35. The molecule has 0 saturated carbocycles. The fourth-order valence-corrected chi connectivity index (χ4v) is 2.35. The highest BCUT2D eigenvalue weighted by Crippen LogP contribution is 2.14. The number of rotatable bonds is 4. The van der Waals surface area contributed by atoms with E-state index in [4.69, 9.17) is 4.42 Å². The molecule has 0 aromatic carbocycles. The van der Waals surface area contributed by atoms with E-state index in [2.05, 4.69) is 15.4 Å². The maximum atomic E-state index is 12.2. The first-order valence-electron chi connectivity index (χ1n) is 7.35. The molecule has 0 spiro atoms. The third-order valence-corrected chi connectivity index (χ3v) is 3.45. The van der Waals surface area contributed by atoms with Gasteiger partial charge in [-0.15, -0.1) is 0 Å². The Morgan fingerprint density at radius 3 is 2.74 bits per heavy atom. The summed E-state index contributed by atoms with van der Waals surface area (Å²) in [6.45, 7) is 6.37. The van der Waals surface area contributed by atoms with Crippen molar-refractivity contribution in [1.29, 1.82) is 0 Å². The Balaban J connectivity index is 1.71. The number of nitrogens with zero attached hydrogens (tertiary/aromatic N) is 3. The molecule has 0 fully saturated rings. The molecular weight excluding hydrogens is 292 g/mol. The highest BCUT2D eigenvalue weighted by molar-refractivity contribution is 6.01. The first kappa shape index (κ1) is 15.0. The van der Waals surface area contributed by atoms with E-state index in [1.807, 2.05) is 37.6 Å². The zero-order chi connectivity index (χ0) is 16.4. The Morgan fingerprint density at radius 2 is 2.04 bits per heavy atom. The van der Waals surface area contributed by atoms with Gasteiger partial charge in [0.1, 0.15) is 11.6 Å². The summed E-state index contributed by atoms with van der Waals surface area (Å²) in [4.78, 5) is 16.3. The molecule has 3 aromatic rings. The summed E-state index contributed by atoms with van der Waals surface area (Å²) in [7, 11) is 0. The lowest BCUT2D eigenvalue weighted by Crippen LogP contribution is -2.12. The van der Waals surface area contributed by atoms with Crippen molar-refractivity contribution in [3.8, 4) is 0 Å². The molecule has 1 amide bonds. The summed E-state index contributed by atoms with van der Waals surface area (Å²) in [6.07, 6.45) is 1.65. The van der Waals surface area contributed by atoms with Crippen molar-refractivity contribution >= 4 is 11.7 Å². The van der Waals surface area contributed by atoms with Crippen LogP contribution in [0.4, 0.5) is 5.82 Å². The van der Waals surface area contributed by atoms with E-state index in [1.165, 1.54) is 0 Å². The highest BCUT2D eigenvalue weighted by atomic mass is 16.4. The number of pyridine rings is 1. The van der Waals surface area contributed by atoms with Gasteiger partial charge in [0.2, 0.25) is 0 Å². The number of carbonyl (C=O) groups excluding carboxylic acids is 1. The second kappa shape index (κ2) is 6.08. The quantitative estimate of drug-likeness (QED) is 0.803. The molecule has 0 aliphatic carbocycles. The first-order chi connectivity index (χ1) is 11.0. The smallest absolute Gasteiger partial charge is 0.292 e.